The van der Waals surface area contributed by atoms with E-state index in [1.54, 1.807) is 6.07 Å². The van der Waals surface area contributed by atoms with Crippen molar-refractivity contribution in [1.82, 2.24) is 10.2 Å². The van der Waals surface area contributed by atoms with E-state index in [0.717, 1.165) is 12.5 Å². The van der Waals surface area contributed by atoms with E-state index in [1.165, 1.54) is 12.5 Å². The predicted molar refractivity (Wildman–Crippen MR) is 70.3 cm³/mol. The number of anilines is 1. The molecular formula is C13H11ClF3N3O. The molecule has 1 fully saturated rings. The Balaban J connectivity index is 1.82. The monoisotopic (exact) mass is 317 g/mol. The Morgan fingerprint density at radius 2 is 2.14 bits per heavy atom. The fraction of sp³-hybridized carbons (Fsp3) is 0.385. The van der Waals surface area contributed by atoms with Gasteiger partial charge in [0.05, 0.1) is 16.5 Å². The van der Waals surface area contributed by atoms with Crippen molar-refractivity contribution in [1.29, 1.82) is 0 Å². The summed E-state index contributed by atoms with van der Waals surface area (Å²) in [6.45, 7) is 1.17. The Morgan fingerprint density at radius 1 is 1.33 bits per heavy atom. The summed E-state index contributed by atoms with van der Waals surface area (Å²) in [4.78, 5) is 1.86. The lowest BCUT2D eigenvalue weighted by molar-refractivity contribution is -0.137. The van der Waals surface area contributed by atoms with Crippen molar-refractivity contribution in [2.45, 2.75) is 18.5 Å². The van der Waals surface area contributed by atoms with Crippen LogP contribution < -0.4 is 4.90 Å². The second-order valence-electron chi connectivity index (χ2n) is 4.87. The Hall–Kier alpha value is -1.76. The molecule has 4 nitrogen and oxygen atoms in total. The molecule has 2 aromatic rings. The molecule has 0 bridgehead atoms. The van der Waals surface area contributed by atoms with Crippen LogP contribution in [0, 0.1) is 0 Å². The minimum absolute atomic E-state index is 0.0394. The largest absolute Gasteiger partial charge is 0.428 e. The van der Waals surface area contributed by atoms with Crippen LogP contribution in [0.5, 0.6) is 0 Å². The van der Waals surface area contributed by atoms with Gasteiger partial charge in [-0.25, -0.2) is 0 Å². The van der Waals surface area contributed by atoms with E-state index in [-0.39, 0.29) is 10.9 Å². The molecule has 0 amide bonds. The Labute approximate surface area is 123 Å². The zero-order valence-corrected chi connectivity index (χ0v) is 11.5. The van der Waals surface area contributed by atoms with Crippen LogP contribution in [-0.4, -0.2) is 23.3 Å². The third kappa shape index (κ3) is 2.83. The van der Waals surface area contributed by atoms with E-state index in [0.29, 0.717) is 24.7 Å². The maximum Gasteiger partial charge on any atom is 0.417 e. The van der Waals surface area contributed by atoms with Crippen molar-refractivity contribution >= 4 is 17.3 Å². The van der Waals surface area contributed by atoms with E-state index in [4.69, 9.17) is 16.0 Å². The highest BCUT2D eigenvalue weighted by Crippen LogP contribution is 2.38. The Morgan fingerprint density at radius 3 is 2.81 bits per heavy atom. The molecule has 0 radical (unpaired) electrons. The van der Waals surface area contributed by atoms with Crippen molar-refractivity contribution in [3.63, 3.8) is 0 Å². The molecule has 112 valence electrons. The normalized spacial score (nSPS) is 19.2. The van der Waals surface area contributed by atoms with Crippen LogP contribution in [0.25, 0.3) is 0 Å². The standard InChI is InChI=1S/C13H11ClF3N3O/c14-11-2-1-9(5-10(11)13(15,16)17)20-4-3-8(6-20)12-19-18-7-21-12/h1-2,5,7-8H,3-4,6H2. The number of nitrogens with zero attached hydrogens (tertiary/aromatic N) is 3. The zero-order chi connectivity index (χ0) is 15.0. The van der Waals surface area contributed by atoms with Gasteiger partial charge in [0.2, 0.25) is 12.3 Å². The van der Waals surface area contributed by atoms with E-state index < -0.39 is 11.7 Å². The molecule has 0 saturated carbocycles. The first kappa shape index (κ1) is 14.2. The van der Waals surface area contributed by atoms with Gasteiger partial charge in [0.25, 0.3) is 0 Å². The molecule has 2 heterocycles. The summed E-state index contributed by atoms with van der Waals surface area (Å²) in [5.41, 5.74) is -0.323. The molecule has 0 aliphatic carbocycles. The highest BCUT2D eigenvalue weighted by atomic mass is 35.5. The minimum Gasteiger partial charge on any atom is -0.428 e. The molecule has 0 N–H and O–H groups in total. The first-order valence-electron chi connectivity index (χ1n) is 6.33. The number of halogens is 4. The highest BCUT2D eigenvalue weighted by molar-refractivity contribution is 6.31. The SMILES string of the molecule is FC(F)(F)c1cc(N2CCC(c3nnco3)C2)ccc1Cl. The number of hydrogen-bond donors (Lipinski definition) is 0. The van der Waals surface area contributed by atoms with Gasteiger partial charge in [-0.1, -0.05) is 11.6 Å². The lowest BCUT2D eigenvalue weighted by atomic mass is 10.1. The molecule has 1 aliphatic heterocycles. The summed E-state index contributed by atoms with van der Waals surface area (Å²) in [7, 11) is 0. The molecule has 8 heteroatoms. The molecule has 1 aromatic heterocycles. The van der Waals surface area contributed by atoms with Gasteiger partial charge in [-0.3, -0.25) is 0 Å². The summed E-state index contributed by atoms with van der Waals surface area (Å²) in [5.74, 6) is 0.556. The van der Waals surface area contributed by atoms with Gasteiger partial charge in [0.15, 0.2) is 0 Å². The van der Waals surface area contributed by atoms with Crippen molar-refractivity contribution in [3.05, 3.63) is 41.1 Å². The summed E-state index contributed by atoms with van der Waals surface area (Å²) in [6.07, 6.45) is -2.45. The van der Waals surface area contributed by atoms with Crippen molar-refractivity contribution in [3.8, 4) is 0 Å². The Bertz CT molecular complexity index is 630. The molecule has 1 atom stereocenters. The number of rotatable bonds is 2. The smallest absolute Gasteiger partial charge is 0.417 e. The van der Waals surface area contributed by atoms with Crippen LogP contribution >= 0.6 is 11.6 Å². The van der Waals surface area contributed by atoms with Gasteiger partial charge in [-0.05, 0) is 24.6 Å². The zero-order valence-electron chi connectivity index (χ0n) is 10.8. The lowest BCUT2D eigenvalue weighted by Crippen LogP contribution is -2.20. The summed E-state index contributed by atoms with van der Waals surface area (Å²) < 4.78 is 43.8. The van der Waals surface area contributed by atoms with Crippen molar-refractivity contribution < 1.29 is 17.6 Å². The third-order valence-electron chi connectivity index (χ3n) is 3.53. The molecule has 1 aromatic carbocycles. The van der Waals surface area contributed by atoms with Gasteiger partial charge in [0, 0.05) is 18.8 Å². The Kier molecular flexibility index (Phi) is 3.52. The van der Waals surface area contributed by atoms with E-state index in [2.05, 4.69) is 10.2 Å². The second-order valence-corrected chi connectivity index (χ2v) is 5.28. The van der Waals surface area contributed by atoms with Crippen LogP contribution in [0.4, 0.5) is 18.9 Å². The van der Waals surface area contributed by atoms with Gasteiger partial charge >= 0.3 is 6.18 Å². The maximum atomic E-state index is 12.9. The van der Waals surface area contributed by atoms with Gasteiger partial charge in [-0.2, -0.15) is 13.2 Å². The van der Waals surface area contributed by atoms with Crippen molar-refractivity contribution in [2.75, 3.05) is 18.0 Å². The van der Waals surface area contributed by atoms with Crippen molar-refractivity contribution in [2.24, 2.45) is 0 Å². The van der Waals surface area contributed by atoms with Crippen LogP contribution in [0.15, 0.2) is 29.0 Å². The average molecular weight is 318 g/mol. The number of alkyl halides is 3. The minimum atomic E-state index is -4.46. The number of aromatic nitrogens is 2. The predicted octanol–water partition coefficient (Wildman–Crippen LogP) is 3.74. The van der Waals surface area contributed by atoms with Gasteiger partial charge in [-0.15, -0.1) is 10.2 Å². The van der Waals surface area contributed by atoms with E-state index in [9.17, 15) is 13.2 Å². The van der Waals surface area contributed by atoms with Crippen LogP contribution in [-0.2, 0) is 6.18 Å². The molecule has 0 spiro atoms. The third-order valence-corrected chi connectivity index (χ3v) is 3.86. The number of benzene rings is 1. The highest BCUT2D eigenvalue weighted by Gasteiger charge is 2.35. The molecule has 1 unspecified atom stereocenters. The van der Waals surface area contributed by atoms with Crippen LogP contribution in [0.3, 0.4) is 0 Å². The van der Waals surface area contributed by atoms with Crippen LogP contribution in [0.2, 0.25) is 5.02 Å². The molecule has 21 heavy (non-hydrogen) atoms. The summed E-state index contributed by atoms with van der Waals surface area (Å²) in [6, 6.07) is 3.95. The van der Waals surface area contributed by atoms with E-state index >= 15 is 0 Å². The molecule has 1 saturated heterocycles. The summed E-state index contributed by atoms with van der Waals surface area (Å²) in [5, 5.41) is 7.18. The molecule has 3 rings (SSSR count). The molecular weight excluding hydrogens is 307 g/mol. The second kappa shape index (κ2) is 5.22. The lowest BCUT2D eigenvalue weighted by Gasteiger charge is -2.20. The topological polar surface area (TPSA) is 42.2 Å². The first-order valence-corrected chi connectivity index (χ1v) is 6.70. The van der Waals surface area contributed by atoms with E-state index in [1.807, 2.05) is 4.90 Å². The first-order chi connectivity index (χ1) is 9.95. The quantitative estimate of drug-likeness (QED) is 0.846. The van der Waals surface area contributed by atoms with Gasteiger partial charge < -0.3 is 9.32 Å². The van der Waals surface area contributed by atoms with Gasteiger partial charge in [0.1, 0.15) is 0 Å². The fourth-order valence-corrected chi connectivity index (χ4v) is 2.71. The van der Waals surface area contributed by atoms with Crippen LogP contribution in [0.1, 0.15) is 23.8 Å². The molecule has 1 aliphatic rings. The number of hydrogen-bond acceptors (Lipinski definition) is 4. The average Bonchev–Trinajstić information content (AvgIpc) is 3.09. The maximum absolute atomic E-state index is 12.9. The summed E-state index contributed by atoms with van der Waals surface area (Å²) >= 11 is 5.63. The fourth-order valence-electron chi connectivity index (χ4n) is 2.48.